The Hall–Kier alpha value is -1.32. The average Bonchev–Trinajstić information content (AvgIpc) is 2.41. The van der Waals surface area contributed by atoms with Crippen molar-refractivity contribution < 1.29 is 5.11 Å². The van der Waals surface area contributed by atoms with E-state index in [1.165, 1.54) is 5.56 Å². The van der Waals surface area contributed by atoms with Crippen LogP contribution in [-0.4, -0.2) is 17.8 Å². The number of nitrogens with one attached hydrogen (secondary N) is 1. The van der Waals surface area contributed by atoms with Gasteiger partial charge in [0.1, 0.15) is 0 Å². The molecule has 0 aliphatic rings. The number of hydrogen-bond acceptors (Lipinski definition) is 2. The van der Waals surface area contributed by atoms with E-state index in [2.05, 4.69) is 33.4 Å². The molecule has 1 atom stereocenters. The molecule has 2 aromatic rings. The van der Waals surface area contributed by atoms with Gasteiger partial charge < -0.3 is 10.4 Å². The van der Waals surface area contributed by atoms with Crippen molar-refractivity contribution in [2.75, 3.05) is 11.9 Å². The zero-order valence-corrected chi connectivity index (χ0v) is 11.6. The van der Waals surface area contributed by atoms with Crippen molar-refractivity contribution in [1.82, 2.24) is 0 Å². The van der Waals surface area contributed by atoms with Gasteiger partial charge in [0.15, 0.2) is 0 Å². The van der Waals surface area contributed by atoms with Crippen molar-refractivity contribution in [3.63, 3.8) is 0 Å². The smallest absolute Gasteiger partial charge is 0.0636 e. The first-order chi connectivity index (χ1) is 8.79. The minimum Gasteiger partial charge on any atom is -0.394 e. The van der Waals surface area contributed by atoms with E-state index in [0.29, 0.717) is 0 Å². The molecule has 0 saturated heterocycles. The molecule has 0 aliphatic heterocycles. The summed E-state index contributed by atoms with van der Waals surface area (Å²) in [6.07, 6.45) is 0.804. The molecule has 0 radical (unpaired) electrons. The van der Waals surface area contributed by atoms with E-state index in [0.717, 1.165) is 16.6 Å². The molecule has 0 heterocycles. The van der Waals surface area contributed by atoms with Gasteiger partial charge in [-0.1, -0.05) is 42.5 Å². The Kier molecular flexibility index (Phi) is 4.79. The predicted molar refractivity (Wildman–Crippen MR) is 78.8 cm³/mol. The van der Waals surface area contributed by atoms with Crippen LogP contribution in [0.25, 0.3) is 0 Å². The Bertz CT molecular complexity index is 487. The summed E-state index contributed by atoms with van der Waals surface area (Å²) in [4.78, 5) is 0. The summed E-state index contributed by atoms with van der Waals surface area (Å²) in [6, 6.07) is 18.1. The number of aliphatic hydroxyl groups is 1. The van der Waals surface area contributed by atoms with Gasteiger partial charge in [0.2, 0.25) is 0 Å². The molecule has 18 heavy (non-hydrogen) atoms. The molecule has 0 aromatic heterocycles. The van der Waals surface area contributed by atoms with Crippen molar-refractivity contribution in [3.05, 3.63) is 64.6 Å². The standard InChI is InChI=1S/C15H16BrNO/c16-14-8-4-5-9-15(14)17-13(11-18)10-12-6-2-1-3-7-12/h1-9,13,17-18H,10-11H2. The molecular formula is C15H16BrNO. The van der Waals surface area contributed by atoms with Crippen LogP contribution in [0.3, 0.4) is 0 Å². The van der Waals surface area contributed by atoms with Gasteiger partial charge in [-0.3, -0.25) is 0 Å². The minimum atomic E-state index is 0.0195. The Balaban J connectivity index is 2.04. The summed E-state index contributed by atoms with van der Waals surface area (Å²) >= 11 is 3.50. The van der Waals surface area contributed by atoms with Crippen LogP contribution in [0.1, 0.15) is 5.56 Å². The van der Waals surface area contributed by atoms with E-state index in [-0.39, 0.29) is 12.6 Å². The number of anilines is 1. The highest BCUT2D eigenvalue weighted by atomic mass is 79.9. The van der Waals surface area contributed by atoms with E-state index in [4.69, 9.17) is 0 Å². The number of hydrogen-bond donors (Lipinski definition) is 2. The molecule has 0 bridgehead atoms. The maximum atomic E-state index is 9.46. The third-order valence-electron chi connectivity index (χ3n) is 2.78. The quantitative estimate of drug-likeness (QED) is 0.886. The minimum absolute atomic E-state index is 0.0195. The molecule has 94 valence electrons. The second kappa shape index (κ2) is 6.57. The maximum absolute atomic E-state index is 9.46. The highest BCUT2D eigenvalue weighted by Gasteiger charge is 2.09. The molecule has 0 aliphatic carbocycles. The Morgan fingerprint density at radius 3 is 2.33 bits per heavy atom. The summed E-state index contributed by atoms with van der Waals surface area (Å²) in [6.45, 7) is 0.107. The zero-order chi connectivity index (χ0) is 12.8. The number of aliphatic hydroxyl groups excluding tert-OH is 1. The van der Waals surface area contributed by atoms with E-state index in [9.17, 15) is 5.11 Å². The molecule has 2 aromatic carbocycles. The van der Waals surface area contributed by atoms with Gasteiger partial charge in [-0.15, -0.1) is 0 Å². The third-order valence-corrected chi connectivity index (χ3v) is 3.47. The second-order valence-electron chi connectivity index (χ2n) is 4.19. The first-order valence-corrected chi connectivity index (χ1v) is 6.74. The Labute approximate surface area is 116 Å². The Morgan fingerprint density at radius 1 is 1.00 bits per heavy atom. The van der Waals surface area contributed by atoms with Gasteiger partial charge >= 0.3 is 0 Å². The summed E-state index contributed by atoms with van der Waals surface area (Å²) < 4.78 is 1.01. The van der Waals surface area contributed by atoms with Crippen LogP contribution >= 0.6 is 15.9 Å². The van der Waals surface area contributed by atoms with Crippen LogP contribution in [0.2, 0.25) is 0 Å². The van der Waals surface area contributed by atoms with Crippen LogP contribution in [0.15, 0.2) is 59.1 Å². The molecule has 3 heteroatoms. The van der Waals surface area contributed by atoms with E-state index in [1.807, 2.05) is 42.5 Å². The largest absolute Gasteiger partial charge is 0.394 e. The molecular weight excluding hydrogens is 290 g/mol. The SMILES string of the molecule is OCC(Cc1ccccc1)Nc1ccccc1Br. The summed E-state index contributed by atoms with van der Waals surface area (Å²) in [5.41, 5.74) is 2.23. The number of para-hydroxylation sites is 1. The lowest BCUT2D eigenvalue weighted by Crippen LogP contribution is -2.26. The monoisotopic (exact) mass is 305 g/mol. The van der Waals surface area contributed by atoms with Gasteiger partial charge in [0, 0.05) is 10.2 Å². The summed E-state index contributed by atoms with van der Waals surface area (Å²) in [7, 11) is 0. The first kappa shape index (κ1) is 13.1. The molecule has 1 unspecified atom stereocenters. The fourth-order valence-corrected chi connectivity index (χ4v) is 2.26. The van der Waals surface area contributed by atoms with Gasteiger partial charge in [0.05, 0.1) is 12.6 Å². The van der Waals surface area contributed by atoms with E-state index in [1.54, 1.807) is 0 Å². The van der Waals surface area contributed by atoms with Crippen molar-refractivity contribution in [1.29, 1.82) is 0 Å². The average molecular weight is 306 g/mol. The highest BCUT2D eigenvalue weighted by molar-refractivity contribution is 9.10. The van der Waals surface area contributed by atoms with Crippen molar-refractivity contribution >= 4 is 21.6 Å². The number of rotatable bonds is 5. The maximum Gasteiger partial charge on any atom is 0.0636 e. The fourth-order valence-electron chi connectivity index (χ4n) is 1.86. The molecule has 0 saturated carbocycles. The first-order valence-electron chi connectivity index (χ1n) is 5.95. The second-order valence-corrected chi connectivity index (χ2v) is 5.05. The molecule has 2 rings (SSSR count). The van der Waals surface area contributed by atoms with E-state index < -0.39 is 0 Å². The van der Waals surface area contributed by atoms with Crippen LogP contribution in [-0.2, 0) is 6.42 Å². The lowest BCUT2D eigenvalue weighted by Gasteiger charge is -2.18. The topological polar surface area (TPSA) is 32.3 Å². The van der Waals surface area contributed by atoms with Gasteiger partial charge in [-0.25, -0.2) is 0 Å². The molecule has 0 amide bonds. The summed E-state index contributed by atoms with van der Waals surface area (Å²) in [5, 5.41) is 12.8. The Morgan fingerprint density at radius 2 is 1.67 bits per heavy atom. The molecule has 0 fully saturated rings. The van der Waals surface area contributed by atoms with Gasteiger partial charge in [-0.2, -0.15) is 0 Å². The predicted octanol–water partition coefficient (Wildman–Crippen LogP) is 3.46. The molecule has 0 spiro atoms. The third kappa shape index (κ3) is 3.59. The normalized spacial score (nSPS) is 12.1. The van der Waals surface area contributed by atoms with E-state index >= 15 is 0 Å². The number of halogens is 1. The lowest BCUT2D eigenvalue weighted by molar-refractivity contribution is 0.273. The van der Waals surface area contributed by atoms with Gasteiger partial charge in [0.25, 0.3) is 0 Å². The van der Waals surface area contributed by atoms with Crippen molar-refractivity contribution in [2.45, 2.75) is 12.5 Å². The van der Waals surface area contributed by atoms with Crippen LogP contribution in [0, 0.1) is 0 Å². The number of benzene rings is 2. The molecule has 2 N–H and O–H groups in total. The van der Waals surface area contributed by atoms with Crippen LogP contribution < -0.4 is 5.32 Å². The highest BCUT2D eigenvalue weighted by Crippen LogP contribution is 2.22. The molecule has 2 nitrogen and oxygen atoms in total. The van der Waals surface area contributed by atoms with Gasteiger partial charge in [-0.05, 0) is 40.0 Å². The van der Waals surface area contributed by atoms with Crippen LogP contribution in [0.4, 0.5) is 5.69 Å². The fraction of sp³-hybridized carbons (Fsp3) is 0.200. The summed E-state index contributed by atoms with van der Waals surface area (Å²) in [5.74, 6) is 0. The van der Waals surface area contributed by atoms with Crippen molar-refractivity contribution in [2.24, 2.45) is 0 Å². The zero-order valence-electron chi connectivity index (χ0n) is 10.0. The van der Waals surface area contributed by atoms with Crippen LogP contribution in [0.5, 0.6) is 0 Å². The van der Waals surface area contributed by atoms with Crippen molar-refractivity contribution in [3.8, 4) is 0 Å². The lowest BCUT2D eigenvalue weighted by atomic mass is 10.1.